The summed E-state index contributed by atoms with van der Waals surface area (Å²) in [5, 5.41) is 3.57. The van der Waals surface area contributed by atoms with Crippen molar-refractivity contribution in [3.63, 3.8) is 0 Å². The average Bonchev–Trinajstić information content (AvgIpc) is 2.75. The molecule has 2 aliphatic rings. The highest BCUT2D eigenvalue weighted by Gasteiger charge is 2.53. The monoisotopic (exact) mass is 293 g/mol. The summed E-state index contributed by atoms with van der Waals surface area (Å²) in [6.07, 6.45) is 4.23. The van der Waals surface area contributed by atoms with Gasteiger partial charge < -0.3 is 14.8 Å². The predicted octanol–water partition coefficient (Wildman–Crippen LogP) is 4.20. The van der Waals surface area contributed by atoms with Gasteiger partial charge in [0.15, 0.2) is 0 Å². The highest BCUT2D eigenvalue weighted by molar-refractivity contribution is 5.71. The Morgan fingerprint density at radius 3 is 2.68 bits per heavy atom. The molecule has 1 atom stereocenters. The maximum atomic E-state index is 6.42. The van der Waals surface area contributed by atoms with E-state index in [0.717, 1.165) is 22.7 Å². The summed E-state index contributed by atoms with van der Waals surface area (Å²) in [6, 6.07) is 14.3. The molecule has 0 saturated carbocycles. The summed E-state index contributed by atoms with van der Waals surface area (Å²) in [7, 11) is 1.68. The quantitative estimate of drug-likeness (QED) is 0.854. The van der Waals surface area contributed by atoms with Gasteiger partial charge in [0.05, 0.1) is 12.5 Å². The van der Waals surface area contributed by atoms with Crippen molar-refractivity contribution in [1.82, 2.24) is 0 Å². The van der Waals surface area contributed by atoms with Gasteiger partial charge in [-0.2, -0.15) is 0 Å². The van der Waals surface area contributed by atoms with Gasteiger partial charge in [0.2, 0.25) is 5.72 Å². The van der Waals surface area contributed by atoms with Crippen LogP contribution in [0.1, 0.15) is 25.0 Å². The van der Waals surface area contributed by atoms with Crippen LogP contribution in [0.4, 0.5) is 5.69 Å². The molecule has 4 rings (SSSR count). The number of benzene rings is 2. The van der Waals surface area contributed by atoms with E-state index in [0.29, 0.717) is 0 Å². The Bertz CT molecular complexity index is 779. The number of hydrogen-bond acceptors (Lipinski definition) is 3. The van der Waals surface area contributed by atoms with Crippen LogP contribution in [-0.4, -0.2) is 12.8 Å². The molecule has 3 heteroatoms. The van der Waals surface area contributed by atoms with Crippen molar-refractivity contribution in [3.8, 4) is 11.5 Å². The van der Waals surface area contributed by atoms with Gasteiger partial charge in [-0.15, -0.1) is 0 Å². The first-order chi connectivity index (χ1) is 10.6. The van der Waals surface area contributed by atoms with Gasteiger partial charge in [-0.1, -0.05) is 18.2 Å². The van der Waals surface area contributed by atoms with Gasteiger partial charge in [0.1, 0.15) is 11.5 Å². The first-order valence-electron chi connectivity index (χ1n) is 7.50. The lowest BCUT2D eigenvalue weighted by molar-refractivity contribution is 0.0822. The Labute approximate surface area is 130 Å². The van der Waals surface area contributed by atoms with Crippen molar-refractivity contribution in [2.75, 3.05) is 12.4 Å². The fraction of sp³-hybridized carbons (Fsp3) is 0.263. The van der Waals surface area contributed by atoms with Crippen LogP contribution in [0.2, 0.25) is 0 Å². The summed E-state index contributed by atoms with van der Waals surface area (Å²) in [6.45, 7) is 4.43. The van der Waals surface area contributed by atoms with E-state index in [1.807, 2.05) is 24.3 Å². The van der Waals surface area contributed by atoms with Gasteiger partial charge in [0.25, 0.3) is 0 Å². The van der Waals surface area contributed by atoms with Crippen LogP contribution >= 0.6 is 0 Å². The molecule has 112 valence electrons. The van der Waals surface area contributed by atoms with Crippen molar-refractivity contribution < 1.29 is 9.47 Å². The molecule has 22 heavy (non-hydrogen) atoms. The van der Waals surface area contributed by atoms with Gasteiger partial charge in [-0.25, -0.2) is 0 Å². The molecule has 2 aromatic carbocycles. The Balaban J connectivity index is 1.80. The minimum atomic E-state index is -0.557. The van der Waals surface area contributed by atoms with E-state index in [2.05, 4.69) is 49.5 Å². The van der Waals surface area contributed by atoms with Crippen molar-refractivity contribution >= 4 is 11.8 Å². The van der Waals surface area contributed by atoms with E-state index in [1.165, 1.54) is 5.56 Å². The zero-order chi connectivity index (χ0) is 15.4. The SMILES string of the molecule is COc1ccc2c(c1)C=CC1(Nc3ccccc3C1(C)C)O2. The van der Waals surface area contributed by atoms with Crippen LogP contribution in [-0.2, 0) is 5.41 Å². The summed E-state index contributed by atoms with van der Waals surface area (Å²) in [5.41, 5.74) is 2.72. The van der Waals surface area contributed by atoms with Crippen LogP contribution in [0.3, 0.4) is 0 Å². The normalized spacial score (nSPS) is 23.4. The number of ether oxygens (including phenoxy) is 2. The van der Waals surface area contributed by atoms with Gasteiger partial charge in [-0.3, -0.25) is 0 Å². The molecule has 0 radical (unpaired) electrons. The van der Waals surface area contributed by atoms with Crippen LogP contribution in [0.5, 0.6) is 11.5 Å². The summed E-state index contributed by atoms with van der Waals surface area (Å²) in [5.74, 6) is 1.71. The van der Waals surface area contributed by atoms with Crippen molar-refractivity contribution in [3.05, 3.63) is 59.7 Å². The number of para-hydroxylation sites is 1. The second-order valence-electron chi connectivity index (χ2n) is 6.37. The third-order valence-corrected chi connectivity index (χ3v) is 4.83. The lowest BCUT2D eigenvalue weighted by atomic mass is 9.76. The first kappa shape index (κ1) is 13.3. The number of fused-ring (bicyclic) bond motifs is 2. The zero-order valence-corrected chi connectivity index (χ0v) is 13.0. The van der Waals surface area contributed by atoms with Gasteiger partial charge in [-0.05, 0) is 55.8 Å². The molecule has 1 unspecified atom stereocenters. The fourth-order valence-electron chi connectivity index (χ4n) is 3.39. The molecule has 0 amide bonds. The second-order valence-corrected chi connectivity index (χ2v) is 6.37. The molecule has 2 aliphatic heterocycles. The van der Waals surface area contributed by atoms with E-state index in [9.17, 15) is 0 Å². The summed E-state index contributed by atoms with van der Waals surface area (Å²) < 4.78 is 11.7. The topological polar surface area (TPSA) is 30.5 Å². The fourth-order valence-corrected chi connectivity index (χ4v) is 3.39. The van der Waals surface area contributed by atoms with Crippen molar-refractivity contribution in [2.24, 2.45) is 0 Å². The standard InChI is InChI=1S/C19H19NO2/c1-18(2)15-6-4-5-7-16(15)20-19(18)11-10-13-12-14(21-3)8-9-17(13)22-19/h4-12,20H,1-3H3. The zero-order valence-electron chi connectivity index (χ0n) is 13.0. The van der Waals surface area contributed by atoms with E-state index >= 15 is 0 Å². The minimum absolute atomic E-state index is 0.169. The Morgan fingerprint density at radius 1 is 1.09 bits per heavy atom. The first-order valence-corrected chi connectivity index (χ1v) is 7.50. The maximum absolute atomic E-state index is 6.42. The third kappa shape index (κ3) is 1.62. The molecule has 2 heterocycles. The smallest absolute Gasteiger partial charge is 0.209 e. The predicted molar refractivity (Wildman–Crippen MR) is 88.5 cm³/mol. The number of nitrogens with one attached hydrogen (secondary N) is 1. The number of methoxy groups -OCH3 is 1. The number of anilines is 1. The van der Waals surface area contributed by atoms with Crippen molar-refractivity contribution in [1.29, 1.82) is 0 Å². The molecule has 1 spiro atoms. The molecule has 0 saturated heterocycles. The van der Waals surface area contributed by atoms with Crippen LogP contribution in [0.25, 0.3) is 6.08 Å². The lowest BCUT2D eigenvalue weighted by Crippen LogP contribution is -2.53. The number of rotatable bonds is 1. The van der Waals surface area contributed by atoms with E-state index in [1.54, 1.807) is 7.11 Å². The number of hydrogen-bond donors (Lipinski definition) is 1. The average molecular weight is 293 g/mol. The molecule has 1 N–H and O–H groups in total. The van der Waals surface area contributed by atoms with Gasteiger partial charge >= 0.3 is 0 Å². The van der Waals surface area contributed by atoms with E-state index in [4.69, 9.17) is 9.47 Å². The van der Waals surface area contributed by atoms with E-state index in [-0.39, 0.29) is 5.41 Å². The highest BCUT2D eigenvalue weighted by atomic mass is 16.5. The van der Waals surface area contributed by atoms with Crippen LogP contribution in [0.15, 0.2) is 48.5 Å². The maximum Gasteiger partial charge on any atom is 0.209 e. The summed E-state index contributed by atoms with van der Waals surface area (Å²) >= 11 is 0. The molecule has 0 fully saturated rings. The summed E-state index contributed by atoms with van der Waals surface area (Å²) in [4.78, 5) is 0. The van der Waals surface area contributed by atoms with Gasteiger partial charge in [0, 0.05) is 11.3 Å². The second kappa shape index (κ2) is 4.29. The Kier molecular flexibility index (Phi) is 2.59. The Morgan fingerprint density at radius 2 is 1.91 bits per heavy atom. The highest BCUT2D eigenvalue weighted by Crippen LogP contribution is 2.51. The minimum Gasteiger partial charge on any atom is -0.497 e. The molecule has 2 aromatic rings. The largest absolute Gasteiger partial charge is 0.497 e. The third-order valence-electron chi connectivity index (χ3n) is 4.83. The van der Waals surface area contributed by atoms with E-state index < -0.39 is 5.72 Å². The molecule has 3 nitrogen and oxygen atoms in total. The molecule has 0 aliphatic carbocycles. The molecular formula is C19H19NO2. The molecule has 0 aromatic heterocycles. The Hall–Kier alpha value is -2.42. The van der Waals surface area contributed by atoms with Crippen LogP contribution < -0.4 is 14.8 Å². The molecule has 0 bridgehead atoms. The lowest BCUT2D eigenvalue weighted by Gasteiger charge is -2.41. The van der Waals surface area contributed by atoms with Crippen LogP contribution in [0, 0.1) is 0 Å². The molecular weight excluding hydrogens is 274 g/mol. The van der Waals surface area contributed by atoms with Crippen molar-refractivity contribution in [2.45, 2.75) is 25.0 Å².